The summed E-state index contributed by atoms with van der Waals surface area (Å²) in [7, 11) is -3.43. The predicted molar refractivity (Wildman–Crippen MR) is 106 cm³/mol. The van der Waals surface area contributed by atoms with Gasteiger partial charge in [0.1, 0.15) is 0 Å². The van der Waals surface area contributed by atoms with E-state index in [1.165, 1.54) is 4.31 Å². The van der Waals surface area contributed by atoms with Gasteiger partial charge in [0, 0.05) is 26.1 Å². The van der Waals surface area contributed by atoms with E-state index in [9.17, 15) is 13.2 Å². The lowest BCUT2D eigenvalue weighted by molar-refractivity contribution is -0.121. The average Bonchev–Trinajstić information content (AvgIpc) is 3.13. The lowest BCUT2D eigenvalue weighted by Gasteiger charge is -2.18. The van der Waals surface area contributed by atoms with Crippen LogP contribution >= 0.6 is 12.4 Å². The molecule has 0 radical (unpaired) electrons. The van der Waals surface area contributed by atoms with Crippen molar-refractivity contribution in [2.45, 2.75) is 44.6 Å². The minimum Gasteiger partial charge on any atom is -0.352 e. The van der Waals surface area contributed by atoms with Gasteiger partial charge < -0.3 is 10.6 Å². The number of nitrogens with one attached hydrogen (secondary N) is 2. The van der Waals surface area contributed by atoms with Gasteiger partial charge in [-0.05, 0) is 49.5 Å². The minimum atomic E-state index is -3.43. The normalized spacial score (nSPS) is 17.1. The van der Waals surface area contributed by atoms with Crippen LogP contribution < -0.4 is 10.6 Å². The number of benzene rings is 1. The second-order valence-electron chi connectivity index (χ2n) is 6.41. The van der Waals surface area contributed by atoms with Crippen LogP contribution in [0.3, 0.4) is 0 Å². The Labute approximate surface area is 163 Å². The molecule has 0 saturated carbocycles. The minimum absolute atomic E-state index is 0. The highest BCUT2D eigenvalue weighted by Crippen LogP contribution is 2.17. The van der Waals surface area contributed by atoms with Crippen LogP contribution in [0.1, 0.15) is 38.7 Å². The van der Waals surface area contributed by atoms with E-state index in [-0.39, 0.29) is 18.3 Å². The van der Waals surface area contributed by atoms with Crippen LogP contribution in [0, 0.1) is 5.92 Å². The third-order valence-corrected chi connectivity index (χ3v) is 6.76. The van der Waals surface area contributed by atoms with Gasteiger partial charge in [-0.2, -0.15) is 4.31 Å². The topological polar surface area (TPSA) is 78.5 Å². The summed E-state index contributed by atoms with van der Waals surface area (Å²) in [5, 5.41) is 6.21. The van der Waals surface area contributed by atoms with Crippen molar-refractivity contribution in [3.8, 4) is 0 Å². The molecule has 6 nitrogen and oxygen atoms in total. The van der Waals surface area contributed by atoms with Crippen molar-refractivity contribution < 1.29 is 13.2 Å². The van der Waals surface area contributed by atoms with Crippen LogP contribution in [0.4, 0.5) is 0 Å². The van der Waals surface area contributed by atoms with Crippen LogP contribution in [-0.2, 0) is 21.4 Å². The SMILES string of the molecule is CCN(CC)S(=O)(=O)c1ccc(CNC(=O)CCC2CCNC2)cc1.Cl. The number of rotatable bonds is 9. The first kappa shape index (κ1) is 22.9. The lowest BCUT2D eigenvalue weighted by Crippen LogP contribution is -2.30. The molecule has 1 unspecified atom stereocenters. The summed E-state index contributed by atoms with van der Waals surface area (Å²) in [4.78, 5) is 12.2. The summed E-state index contributed by atoms with van der Waals surface area (Å²) in [5.41, 5.74) is 0.898. The van der Waals surface area contributed by atoms with Gasteiger partial charge in [0.25, 0.3) is 0 Å². The Hall–Kier alpha value is -1.15. The Morgan fingerprint density at radius 3 is 2.42 bits per heavy atom. The molecule has 0 spiro atoms. The smallest absolute Gasteiger partial charge is 0.243 e. The molecule has 1 aliphatic heterocycles. The van der Waals surface area contributed by atoms with E-state index in [4.69, 9.17) is 0 Å². The predicted octanol–water partition coefficient (Wildman–Crippen LogP) is 2.14. The Bertz CT molecular complexity index is 655. The lowest BCUT2D eigenvalue weighted by atomic mass is 10.0. The molecule has 0 aromatic heterocycles. The quantitative estimate of drug-likeness (QED) is 0.662. The van der Waals surface area contributed by atoms with E-state index in [2.05, 4.69) is 10.6 Å². The van der Waals surface area contributed by atoms with Crippen LogP contribution in [0.15, 0.2) is 29.2 Å². The van der Waals surface area contributed by atoms with E-state index in [1.54, 1.807) is 24.3 Å². The molecule has 1 atom stereocenters. The number of sulfonamides is 1. The number of carbonyl (C=O) groups is 1. The summed E-state index contributed by atoms with van der Waals surface area (Å²) in [5.74, 6) is 0.655. The van der Waals surface area contributed by atoms with E-state index in [1.807, 2.05) is 13.8 Å². The third-order valence-electron chi connectivity index (χ3n) is 4.70. The number of amides is 1. The molecule has 1 saturated heterocycles. The summed E-state index contributed by atoms with van der Waals surface area (Å²) in [6.45, 7) is 7.04. The molecular formula is C18H30ClN3O3S. The molecule has 26 heavy (non-hydrogen) atoms. The van der Waals surface area contributed by atoms with E-state index < -0.39 is 10.0 Å². The van der Waals surface area contributed by atoms with Gasteiger partial charge in [0.15, 0.2) is 0 Å². The molecule has 1 amide bonds. The zero-order valence-electron chi connectivity index (χ0n) is 15.5. The number of halogens is 1. The van der Waals surface area contributed by atoms with Crippen molar-refractivity contribution in [3.63, 3.8) is 0 Å². The van der Waals surface area contributed by atoms with Gasteiger partial charge in [-0.1, -0.05) is 26.0 Å². The first-order valence-corrected chi connectivity index (χ1v) is 10.5. The van der Waals surface area contributed by atoms with Crippen molar-refractivity contribution >= 4 is 28.3 Å². The van der Waals surface area contributed by atoms with Gasteiger partial charge in [0.05, 0.1) is 4.90 Å². The zero-order chi connectivity index (χ0) is 18.3. The summed E-state index contributed by atoms with van der Waals surface area (Å²) < 4.78 is 26.3. The Morgan fingerprint density at radius 2 is 1.88 bits per heavy atom. The van der Waals surface area contributed by atoms with Gasteiger partial charge >= 0.3 is 0 Å². The summed E-state index contributed by atoms with van der Waals surface area (Å²) >= 11 is 0. The second kappa shape index (κ2) is 10.9. The molecule has 1 aromatic rings. The Morgan fingerprint density at radius 1 is 1.23 bits per heavy atom. The molecule has 1 heterocycles. The maximum Gasteiger partial charge on any atom is 0.243 e. The van der Waals surface area contributed by atoms with Gasteiger partial charge in [-0.25, -0.2) is 8.42 Å². The van der Waals surface area contributed by atoms with Crippen molar-refractivity contribution in [2.24, 2.45) is 5.92 Å². The highest BCUT2D eigenvalue weighted by atomic mass is 35.5. The maximum absolute atomic E-state index is 12.4. The highest BCUT2D eigenvalue weighted by molar-refractivity contribution is 7.89. The number of nitrogens with zero attached hydrogens (tertiary/aromatic N) is 1. The Kier molecular flexibility index (Phi) is 9.57. The van der Waals surface area contributed by atoms with Crippen molar-refractivity contribution in [1.29, 1.82) is 0 Å². The molecule has 1 aromatic carbocycles. The number of hydrogen-bond acceptors (Lipinski definition) is 4. The van der Waals surface area contributed by atoms with Crippen LogP contribution in [0.2, 0.25) is 0 Å². The van der Waals surface area contributed by atoms with Crippen molar-refractivity contribution in [3.05, 3.63) is 29.8 Å². The fraction of sp³-hybridized carbons (Fsp3) is 0.611. The number of hydrogen-bond donors (Lipinski definition) is 2. The highest BCUT2D eigenvalue weighted by Gasteiger charge is 2.21. The van der Waals surface area contributed by atoms with Crippen LogP contribution in [0.25, 0.3) is 0 Å². The first-order valence-electron chi connectivity index (χ1n) is 9.03. The molecule has 2 N–H and O–H groups in total. The summed E-state index contributed by atoms with van der Waals surface area (Å²) in [6, 6.07) is 6.74. The van der Waals surface area contributed by atoms with E-state index >= 15 is 0 Å². The molecule has 2 rings (SSSR count). The monoisotopic (exact) mass is 403 g/mol. The molecule has 8 heteroatoms. The summed E-state index contributed by atoms with van der Waals surface area (Å²) in [6.07, 6.45) is 2.61. The fourth-order valence-electron chi connectivity index (χ4n) is 3.08. The standard InChI is InChI=1S/C18H29N3O3S.ClH/c1-3-21(4-2)25(23,24)17-8-5-15(6-9-17)14-20-18(22)10-7-16-11-12-19-13-16;/h5-6,8-9,16,19H,3-4,7,10-14H2,1-2H3,(H,20,22);1H. The fourth-order valence-corrected chi connectivity index (χ4v) is 4.53. The molecule has 148 valence electrons. The average molecular weight is 404 g/mol. The molecule has 0 bridgehead atoms. The maximum atomic E-state index is 12.4. The molecular weight excluding hydrogens is 374 g/mol. The Balaban J connectivity index is 0.00000338. The largest absolute Gasteiger partial charge is 0.352 e. The number of carbonyl (C=O) groups excluding carboxylic acids is 1. The third kappa shape index (κ3) is 6.23. The van der Waals surface area contributed by atoms with Gasteiger partial charge in [0.2, 0.25) is 15.9 Å². The van der Waals surface area contributed by atoms with Crippen molar-refractivity contribution in [1.82, 2.24) is 14.9 Å². The zero-order valence-corrected chi connectivity index (χ0v) is 17.2. The van der Waals surface area contributed by atoms with E-state index in [0.717, 1.165) is 31.5 Å². The molecule has 1 fully saturated rings. The molecule has 0 aliphatic carbocycles. The first-order chi connectivity index (χ1) is 12.0. The second-order valence-corrected chi connectivity index (χ2v) is 8.35. The molecule has 1 aliphatic rings. The van der Waals surface area contributed by atoms with Crippen molar-refractivity contribution in [2.75, 3.05) is 26.2 Å². The van der Waals surface area contributed by atoms with E-state index in [0.29, 0.717) is 36.9 Å². The van der Waals surface area contributed by atoms with Gasteiger partial charge in [-0.15, -0.1) is 12.4 Å². The van der Waals surface area contributed by atoms with Gasteiger partial charge in [-0.3, -0.25) is 4.79 Å². The van der Waals surface area contributed by atoms with Crippen LogP contribution in [-0.4, -0.2) is 44.8 Å². The van der Waals surface area contributed by atoms with Crippen LogP contribution in [0.5, 0.6) is 0 Å².